The highest BCUT2D eigenvalue weighted by atomic mass is 15.2. The van der Waals surface area contributed by atoms with Crippen molar-refractivity contribution in [2.75, 3.05) is 23.3 Å². The Kier molecular flexibility index (Phi) is 4.97. The van der Waals surface area contributed by atoms with Crippen LogP contribution in [-0.4, -0.2) is 43.2 Å². The topological polar surface area (TPSA) is 98.4 Å². The van der Waals surface area contributed by atoms with Gasteiger partial charge >= 0.3 is 0 Å². The number of H-pyrrole nitrogens is 2. The summed E-state index contributed by atoms with van der Waals surface area (Å²) >= 11 is 0. The molecule has 1 aliphatic heterocycles. The smallest absolute Gasteiger partial charge is 0.137 e. The molecular weight excluding hydrogens is 448 g/mol. The van der Waals surface area contributed by atoms with Crippen LogP contribution in [0.25, 0.3) is 44.6 Å². The first kappa shape index (κ1) is 21.1. The molecule has 2 fully saturated rings. The van der Waals surface area contributed by atoms with E-state index in [-0.39, 0.29) is 0 Å². The lowest BCUT2D eigenvalue weighted by Crippen LogP contribution is -2.30. The Labute approximate surface area is 208 Å². The molecule has 2 aliphatic rings. The fourth-order valence-corrected chi connectivity index (χ4v) is 5.14. The van der Waals surface area contributed by atoms with E-state index in [4.69, 9.17) is 9.97 Å². The minimum Gasteiger partial charge on any atom is -0.358 e. The number of anilines is 2. The number of aromatic nitrogens is 6. The lowest BCUT2D eigenvalue weighted by atomic mass is 10.1. The molecule has 1 saturated heterocycles. The minimum atomic E-state index is 0.582. The number of pyridine rings is 3. The summed E-state index contributed by atoms with van der Waals surface area (Å²) in [7, 11) is 0. The minimum absolute atomic E-state index is 0.582. The first-order valence-electron chi connectivity index (χ1n) is 12.7. The Morgan fingerprint density at radius 3 is 2.78 bits per heavy atom. The van der Waals surface area contributed by atoms with Crippen LogP contribution in [0.3, 0.4) is 0 Å². The molecule has 180 valence electrons. The Hall–Kier alpha value is -4.20. The SMILES string of the molecule is C=C(Nc1cncc(-c2ccc3[nH]nc(-c4cc5c(N6CCCCC6)nccc5[nH]4)c3n2)c1)C1CC1. The van der Waals surface area contributed by atoms with E-state index >= 15 is 0 Å². The van der Waals surface area contributed by atoms with Gasteiger partial charge in [0.1, 0.15) is 17.0 Å². The van der Waals surface area contributed by atoms with Crippen LogP contribution >= 0.6 is 0 Å². The number of hydrogen-bond acceptors (Lipinski definition) is 6. The summed E-state index contributed by atoms with van der Waals surface area (Å²) in [6.07, 6.45) is 11.7. The zero-order valence-electron chi connectivity index (χ0n) is 20.1. The zero-order chi connectivity index (χ0) is 24.1. The number of fused-ring (bicyclic) bond motifs is 2. The summed E-state index contributed by atoms with van der Waals surface area (Å²) in [4.78, 5) is 20.1. The van der Waals surface area contributed by atoms with Gasteiger partial charge in [0, 0.05) is 42.1 Å². The van der Waals surface area contributed by atoms with Crippen molar-refractivity contribution in [3.8, 4) is 22.6 Å². The maximum atomic E-state index is 5.00. The zero-order valence-corrected chi connectivity index (χ0v) is 20.1. The Bertz CT molecular complexity index is 1590. The number of rotatable bonds is 6. The van der Waals surface area contributed by atoms with E-state index in [1.807, 2.05) is 36.8 Å². The van der Waals surface area contributed by atoms with Crippen LogP contribution in [0.4, 0.5) is 11.5 Å². The molecule has 8 heteroatoms. The van der Waals surface area contributed by atoms with Gasteiger partial charge in [-0.05, 0) is 68.4 Å². The standard InChI is InChI=1S/C28H28N8/c1-17(18-5-6-18)31-20-13-19(15-29-16-20)22-7-8-24-26(33-22)27(35-34-24)25-14-21-23(32-25)9-10-30-28(21)36-11-3-2-4-12-36/h7-10,13-16,18,31-32H,1-6,11-12H2,(H,34,35). The molecule has 0 radical (unpaired) electrons. The van der Waals surface area contributed by atoms with Crippen molar-refractivity contribution in [1.29, 1.82) is 0 Å². The van der Waals surface area contributed by atoms with Gasteiger partial charge < -0.3 is 15.2 Å². The van der Waals surface area contributed by atoms with Crippen molar-refractivity contribution in [1.82, 2.24) is 30.1 Å². The molecule has 0 unspecified atom stereocenters. The summed E-state index contributed by atoms with van der Waals surface area (Å²) in [5, 5.41) is 12.3. The van der Waals surface area contributed by atoms with Gasteiger partial charge in [0.25, 0.3) is 0 Å². The van der Waals surface area contributed by atoms with Crippen molar-refractivity contribution >= 4 is 33.4 Å². The first-order chi connectivity index (χ1) is 17.7. The molecule has 0 bridgehead atoms. The van der Waals surface area contributed by atoms with Gasteiger partial charge in [-0.25, -0.2) is 9.97 Å². The normalized spacial score (nSPS) is 16.1. The summed E-state index contributed by atoms with van der Waals surface area (Å²) in [5.74, 6) is 1.63. The Morgan fingerprint density at radius 2 is 1.92 bits per heavy atom. The predicted octanol–water partition coefficient (Wildman–Crippen LogP) is 5.89. The van der Waals surface area contributed by atoms with E-state index in [9.17, 15) is 0 Å². The monoisotopic (exact) mass is 476 g/mol. The maximum absolute atomic E-state index is 5.00. The summed E-state index contributed by atoms with van der Waals surface area (Å²) < 4.78 is 0. The van der Waals surface area contributed by atoms with Crippen molar-refractivity contribution < 1.29 is 0 Å². The van der Waals surface area contributed by atoms with Gasteiger partial charge in [-0.3, -0.25) is 10.1 Å². The molecule has 0 amide bonds. The Balaban J connectivity index is 1.25. The summed E-state index contributed by atoms with van der Waals surface area (Å²) in [6, 6.07) is 10.3. The van der Waals surface area contributed by atoms with E-state index in [0.29, 0.717) is 5.92 Å². The van der Waals surface area contributed by atoms with Crippen LogP contribution in [0.2, 0.25) is 0 Å². The second-order valence-electron chi connectivity index (χ2n) is 9.88. The summed E-state index contributed by atoms with van der Waals surface area (Å²) in [6.45, 7) is 6.28. The van der Waals surface area contributed by atoms with E-state index in [1.165, 1.54) is 32.1 Å². The number of piperidine rings is 1. The average molecular weight is 477 g/mol. The van der Waals surface area contributed by atoms with E-state index < -0.39 is 0 Å². The highest BCUT2D eigenvalue weighted by Gasteiger charge is 2.24. The lowest BCUT2D eigenvalue weighted by Gasteiger charge is -2.28. The van der Waals surface area contributed by atoms with Crippen LogP contribution in [0, 0.1) is 5.92 Å². The third-order valence-electron chi connectivity index (χ3n) is 7.25. The molecule has 7 rings (SSSR count). The van der Waals surface area contributed by atoms with Crippen molar-refractivity contribution in [3.05, 3.63) is 61.2 Å². The fraction of sp³-hybridized carbons (Fsp3) is 0.286. The lowest BCUT2D eigenvalue weighted by molar-refractivity contribution is 0.575. The van der Waals surface area contributed by atoms with Crippen LogP contribution < -0.4 is 10.2 Å². The molecule has 1 saturated carbocycles. The molecule has 5 aromatic heterocycles. The Morgan fingerprint density at radius 1 is 1.03 bits per heavy atom. The van der Waals surface area contributed by atoms with Crippen molar-refractivity contribution in [3.63, 3.8) is 0 Å². The van der Waals surface area contributed by atoms with Crippen molar-refractivity contribution in [2.45, 2.75) is 32.1 Å². The molecule has 8 nitrogen and oxygen atoms in total. The quantitative estimate of drug-likeness (QED) is 0.283. The number of aromatic amines is 2. The third-order valence-corrected chi connectivity index (χ3v) is 7.25. The second kappa shape index (κ2) is 8.48. The van der Waals surface area contributed by atoms with E-state index in [2.05, 4.69) is 49.1 Å². The van der Waals surface area contributed by atoms with Gasteiger partial charge in [-0.1, -0.05) is 6.58 Å². The van der Waals surface area contributed by atoms with Gasteiger partial charge in [-0.15, -0.1) is 0 Å². The summed E-state index contributed by atoms with van der Waals surface area (Å²) in [5.41, 5.74) is 8.32. The van der Waals surface area contributed by atoms with Gasteiger partial charge in [0.15, 0.2) is 0 Å². The first-order valence-corrected chi connectivity index (χ1v) is 12.7. The fourth-order valence-electron chi connectivity index (χ4n) is 5.14. The maximum Gasteiger partial charge on any atom is 0.137 e. The van der Waals surface area contributed by atoms with Crippen LogP contribution in [0.5, 0.6) is 0 Å². The second-order valence-corrected chi connectivity index (χ2v) is 9.88. The van der Waals surface area contributed by atoms with Crippen LogP contribution in [0.15, 0.2) is 61.2 Å². The van der Waals surface area contributed by atoms with Gasteiger partial charge in [-0.2, -0.15) is 5.10 Å². The van der Waals surface area contributed by atoms with E-state index in [0.717, 1.165) is 74.9 Å². The van der Waals surface area contributed by atoms with Crippen LogP contribution in [0.1, 0.15) is 32.1 Å². The van der Waals surface area contributed by atoms with E-state index in [1.54, 1.807) is 0 Å². The molecule has 0 spiro atoms. The number of nitrogens with one attached hydrogen (secondary N) is 3. The van der Waals surface area contributed by atoms with Gasteiger partial charge in [0.05, 0.1) is 34.3 Å². The molecule has 0 aromatic carbocycles. The van der Waals surface area contributed by atoms with Crippen molar-refractivity contribution in [2.24, 2.45) is 5.92 Å². The van der Waals surface area contributed by atoms with Gasteiger partial charge in [0.2, 0.25) is 0 Å². The molecule has 36 heavy (non-hydrogen) atoms. The largest absolute Gasteiger partial charge is 0.358 e. The highest BCUT2D eigenvalue weighted by molar-refractivity contribution is 5.98. The highest BCUT2D eigenvalue weighted by Crippen LogP contribution is 2.36. The average Bonchev–Trinajstić information content (AvgIpc) is 3.55. The third kappa shape index (κ3) is 3.79. The number of nitrogens with zero attached hydrogens (tertiary/aromatic N) is 5. The number of allylic oxidation sites excluding steroid dienone is 1. The molecule has 6 heterocycles. The van der Waals surface area contributed by atoms with Crippen LogP contribution in [-0.2, 0) is 0 Å². The molecule has 3 N–H and O–H groups in total. The molecule has 5 aromatic rings. The predicted molar refractivity (Wildman–Crippen MR) is 144 cm³/mol. The molecular formula is C28H28N8. The number of hydrogen-bond donors (Lipinski definition) is 3. The molecule has 1 aliphatic carbocycles. The molecule has 0 atom stereocenters.